The molecule has 0 radical (unpaired) electrons. The normalized spacial score (nSPS) is 17.5. The maximum Gasteiger partial charge on any atom is 0.194 e. The van der Waals surface area contributed by atoms with Crippen LogP contribution in [0.3, 0.4) is 0 Å². The molecule has 1 saturated heterocycles. The third-order valence-corrected chi connectivity index (χ3v) is 4.88. The lowest BCUT2D eigenvalue weighted by molar-refractivity contribution is -0.00834. The number of morpholine rings is 1. The number of guanidine groups is 1. The van der Waals surface area contributed by atoms with Crippen molar-refractivity contribution in [2.24, 2.45) is 4.99 Å². The Morgan fingerprint density at radius 3 is 2.70 bits per heavy atom. The van der Waals surface area contributed by atoms with E-state index in [1.54, 1.807) is 0 Å². The predicted octanol–water partition coefficient (Wildman–Crippen LogP) is 3.32. The van der Waals surface area contributed by atoms with Crippen molar-refractivity contribution in [1.82, 2.24) is 10.2 Å². The van der Waals surface area contributed by atoms with Crippen molar-refractivity contribution in [2.75, 3.05) is 26.7 Å². The number of rotatable bonds is 3. The standard InChI is InChI=1S/C22H26N4O/c1-16-4-9-20(17(2)12-16)21-15-26(10-11-27-21)22(24-3)25-14-19-7-5-18(13-23)6-8-19/h4-9,12,21H,10-11,14-15H2,1-3H3,(H,24,25). The molecule has 1 aliphatic heterocycles. The lowest BCUT2D eigenvalue weighted by Crippen LogP contribution is -2.48. The molecular weight excluding hydrogens is 336 g/mol. The largest absolute Gasteiger partial charge is 0.370 e. The van der Waals surface area contributed by atoms with E-state index in [2.05, 4.69) is 53.3 Å². The first-order chi connectivity index (χ1) is 13.1. The van der Waals surface area contributed by atoms with E-state index in [0.29, 0.717) is 18.7 Å². The zero-order valence-corrected chi connectivity index (χ0v) is 16.2. The van der Waals surface area contributed by atoms with Gasteiger partial charge in [-0.1, -0.05) is 35.9 Å². The van der Waals surface area contributed by atoms with E-state index in [1.807, 2.05) is 31.3 Å². The molecule has 1 aliphatic rings. The van der Waals surface area contributed by atoms with E-state index in [1.165, 1.54) is 16.7 Å². The number of hydrogen-bond acceptors (Lipinski definition) is 3. The second-order valence-electron chi connectivity index (χ2n) is 6.87. The molecule has 140 valence electrons. The van der Waals surface area contributed by atoms with Crippen LogP contribution < -0.4 is 5.32 Å². The van der Waals surface area contributed by atoms with Crippen molar-refractivity contribution in [2.45, 2.75) is 26.5 Å². The lowest BCUT2D eigenvalue weighted by atomic mass is 10.00. The zero-order valence-electron chi connectivity index (χ0n) is 16.2. The van der Waals surface area contributed by atoms with Crippen LogP contribution in [-0.4, -0.2) is 37.6 Å². The van der Waals surface area contributed by atoms with Crippen LogP contribution in [0.4, 0.5) is 0 Å². The predicted molar refractivity (Wildman–Crippen MR) is 108 cm³/mol. The SMILES string of the molecule is CN=C(NCc1ccc(C#N)cc1)N1CCOC(c2ccc(C)cc2C)C1. The van der Waals surface area contributed by atoms with Crippen molar-refractivity contribution in [3.63, 3.8) is 0 Å². The molecule has 1 heterocycles. The van der Waals surface area contributed by atoms with E-state index in [0.717, 1.165) is 24.6 Å². The van der Waals surface area contributed by atoms with E-state index in [-0.39, 0.29) is 6.10 Å². The summed E-state index contributed by atoms with van der Waals surface area (Å²) in [5.74, 6) is 0.873. The minimum absolute atomic E-state index is 0.0489. The molecule has 0 amide bonds. The van der Waals surface area contributed by atoms with Gasteiger partial charge < -0.3 is 15.0 Å². The molecule has 2 aromatic carbocycles. The molecule has 5 nitrogen and oxygen atoms in total. The van der Waals surface area contributed by atoms with Gasteiger partial charge in [-0.25, -0.2) is 0 Å². The van der Waals surface area contributed by atoms with Gasteiger partial charge in [0.1, 0.15) is 6.10 Å². The molecule has 27 heavy (non-hydrogen) atoms. The molecule has 1 atom stereocenters. The molecule has 1 unspecified atom stereocenters. The van der Waals surface area contributed by atoms with E-state index in [4.69, 9.17) is 10.00 Å². The summed E-state index contributed by atoms with van der Waals surface area (Å²) in [6.45, 7) is 7.19. The summed E-state index contributed by atoms with van der Waals surface area (Å²) in [5.41, 5.74) is 5.57. The van der Waals surface area contributed by atoms with Crippen LogP contribution >= 0.6 is 0 Å². The van der Waals surface area contributed by atoms with Gasteiger partial charge in [-0.15, -0.1) is 0 Å². The van der Waals surface area contributed by atoms with Crippen LogP contribution in [0.1, 0.15) is 33.9 Å². The number of aliphatic imine (C=N–C) groups is 1. The van der Waals surface area contributed by atoms with Gasteiger partial charge in [0.05, 0.1) is 24.8 Å². The maximum absolute atomic E-state index is 8.91. The summed E-state index contributed by atoms with van der Waals surface area (Å²) in [6.07, 6.45) is 0.0489. The highest BCUT2D eigenvalue weighted by Crippen LogP contribution is 2.25. The Labute approximate surface area is 161 Å². The average molecular weight is 362 g/mol. The van der Waals surface area contributed by atoms with Gasteiger partial charge in [-0.3, -0.25) is 4.99 Å². The van der Waals surface area contributed by atoms with Crippen molar-refractivity contribution in [3.8, 4) is 6.07 Å². The van der Waals surface area contributed by atoms with Crippen LogP contribution in [-0.2, 0) is 11.3 Å². The fraction of sp³-hybridized carbons (Fsp3) is 0.364. The third-order valence-electron chi connectivity index (χ3n) is 4.88. The van der Waals surface area contributed by atoms with Gasteiger partial charge in [0.2, 0.25) is 0 Å². The number of nitrogens with zero attached hydrogens (tertiary/aromatic N) is 3. The summed E-state index contributed by atoms with van der Waals surface area (Å²) in [4.78, 5) is 6.70. The first kappa shape index (κ1) is 18.9. The topological polar surface area (TPSA) is 60.7 Å². The highest BCUT2D eigenvalue weighted by molar-refractivity contribution is 5.80. The molecule has 1 N–H and O–H groups in total. The number of nitriles is 1. The molecule has 0 aromatic heterocycles. The van der Waals surface area contributed by atoms with Crippen molar-refractivity contribution < 1.29 is 4.74 Å². The molecule has 1 fully saturated rings. The molecular formula is C22H26N4O. The van der Waals surface area contributed by atoms with Crippen LogP contribution in [0, 0.1) is 25.2 Å². The van der Waals surface area contributed by atoms with Crippen molar-refractivity contribution >= 4 is 5.96 Å². The minimum Gasteiger partial charge on any atom is -0.370 e. The Balaban J connectivity index is 1.65. The third kappa shape index (κ3) is 4.66. The molecule has 0 saturated carbocycles. The van der Waals surface area contributed by atoms with Gasteiger partial charge in [-0.05, 0) is 42.7 Å². The fourth-order valence-corrected chi connectivity index (χ4v) is 3.43. The summed E-state index contributed by atoms with van der Waals surface area (Å²) >= 11 is 0. The summed E-state index contributed by atoms with van der Waals surface area (Å²) in [7, 11) is 1.81. The van der Waals surface area contributed by atoms with Gasteiger partial charge in [-0.2, -0.15) is 5.26 Å². The minimum atomic E-state index is 0.0489. The molecule has 5 heteroatoms. The summed E-state index contributed by atoms with van der Waals surface area (Å²) in [5, 5.41) is 12.3. The lowest BCUT2D eigenvalue weighted by Gasteiger charge is -2.36. The highest BCUT2D eigenvalue weighted by Gasteiger charge is 2.25. The van der Waals surface area contributed by atoms with Crippen molar-refractivity contribution in [3.05, 3.63) is 70.3 Å². The van der Waals surface area contributed by atoms with Gasteiger partial charge in [0.15, 0.2) is 5.96 Å². The highest BCUT2D eigenvalue weighted by atomic mass is 16.5. The van der Waals surface area contributed by atoms with Gasteiger partial charge in [0.25, 0.3) is 0 Å². The van der Waals surface area contributed by atoms with Crippen LogP contribution in [0.2, 0.25) is 0 Å². The van der Waals surface area contributed by atoms with E-state index >= 15 is 0 Å². The zero-order chi connectivity index (χ0) is 19.2. The Kier molecular flexibility index (Phi) is 6.10. The summed E-state index contributed by atoms with van der Waals surface area (Å²) in [6, 6.07) is 16.3. The van der Waals surface area contributed by atoms with Crippen molar-refractivity contribution in [1.29, 1.82) is 5.26 Å². The van der Waals surface area contributed by atoms with Crippen LogP contribution in [0.25, 0.3) is 0 Å². The van der Waals surface area contributed by atoms with Gasteiger partial charge in [0, 0.05) is 20.1 Å². The van der Waals surface area contributed by atoms with Crippen LogP contribution in [0.5, 0.6) is 0 Å². The molecule has 0 bridgehead atoms. The molecule has 3 rings (SSSR count). The Bertz CT molecular complexity index is 852. The molecule has 0 aliphatic carbocycles. The summed E-state index contributed by atoms with van der Waals surface area (Å²) < 4.78 is 6.04. The number of ether oxygens (including phenoxy) is 1. The van der Waals surface area contributed by atoms with Gasteiger partial charge >= 0.3 is 0 Å². The smallest absolute Gasteiger partial charge is 0.194 e. The Morgan fingerprint density at radius 1 is 1.26 bits per heavy atom. The van der Waals surface area contributed by atoms with Crippen LogP contribution in [0.15, 0.2) is 47.5 Å². The fourth-order valence-electron chi connectivity index (χ4n) is 3.43. The molecule has 2 aromatic rings. The van der Waals surface area contributed by atoms with E-state index in [9.17, 15) is 0 Å². The number of aryl methyl sites for hydroxylation is 2. The quantitative estimate of drug-likeness (QED) is 0.672. The van der Waals surface area contributed by atoms with E-state index < -0.39 is 0 Å². The monoisotopic (exact) mass is 362 g/mol. The number of hydrogen-bond donors (Lipinski definition) is 1. The second kappa shape index (κ2) is 8.70. The maximum atomic E-state index is 8.91. The Morgan fingerprint density at radius 2 is 2.04 bits per heavy atom. The first-order valence-electron chi connectivity index (χ1n) is 9.24. The average Bonchev–Trinajstić information content (AvgIpc) is 2.69. The first-order valence-corrected chi connectivity index (χ1v) is 9.24. The molecule has 0 spiro atoms. The Hall–Kier alpha value is -2.84. The second-order valence-corrected chi connectivity index (χ2v) is 6.87. The number of nitrogens with one attached hydrogen (secondary N) is 1. The number of benzene rings is 2.